The van der Waals surface area contributed by atoms with Crippen LogP contribution in [0.5, 0.6) is 0 Å². The molecule has 8 heteroatoms. The first-order valence-corrected chi connectivity index (χ1v) is 8.97. The number of hydrogen-bond donors (Lipinski definition) is 1. The number of nitrogens with one attached hydrogen (secondary N) is 1. The topological polar surface area (TPSA) is 49.4 Å². The van der Waals surface area contributed by atoms with Gasteiger partial charge in [-0.25, -0.2) is 8.42 Å². The Bertz CT molecular complexity index is 613. The molecule has 0 spiro atoms. The summed E-state index contributed by atoms with van der Waals surface area (Å²) in [6, 6.07) is 4.99. The predicted octanol–water partition coefficient (Wildman–Crippen LogP) is 2.41. The van der Waals surface area contributed by atoms with Gasteiger partial charge in [-0.1, -0.05) is 12.1 Å². The van der Waals surface area contributed by atoms with Gasteiger partial charge in [-0.2, -0.15) is 17.5 Å². The molecular weight excluding hydrogens is 329 g/mol. The molecule has 0 aromatic heterocycles. The van der Waals surface area contributed by atoms with E-state index in [2.05, 4.69) is 5.32 Å². The van der Waals surface area contributed by atoms with Crippen LogP contribution in [-0.4, -0.2) is 45.6 Å². The Morgan fingerprint density at radius 2 is 1.91 bits per heavy atom. The zero-order valence-corrected chi connectivity index (χ0v) is 13.8. The van der Waals surface area contributed by atoms with Crippen molar-refractivity contribution in [1.29, 1.82) is 0 Å². The fraction of sp³-hybridized carbons (Fsp3) is 0.600. The van der Waals surface area contributed by atoms with Crippen LogP contribution >= 0.6 is 0 Å². The molecule has 23 heavy (non-hydrogen) atoms. The van der Waals surface area contributed by atoms with Gasteiger partial charge >= 0.3 is 6.18 Å². The molecule has 0 saturated carbocycles. The highest BCUT2D eigenvalue weighted by Gasteiger charge is 2.31. The lowest BCUT2D eigenvalue weighted by atomic mass is 10.00. The highest BCUT2D eigenvalue weighted by Crippen LogP contribution is 2.25. The molecule has 0 radical (unpaired) electrons. The first kappa shape index (κ1) is 18.2. The van der Waals surface area contributed by atoms with Crippen molar-refractivity contribution in [2.45, 2.75) is 30.3 Å². The van der Waals surface area contributed by atoms with Crippen LogP contribution in [-0.2, 0) is 16.4 Å². The molecule has 130 valence electrons. The molecule has 1 saturated heterocycles. The lowest BCUT2D eigenvalue weighted by Gasteiger charge is -2.31. The molecular formula is C15H21F3N2O2S. The van der Waals surface area contributed by atoms with Crippen LogP contribution in [0.15, 0.2) is 29.2 Å². The van der Waals surface area contributed by atoms with E-state index in [0.717, 1.165) is 19.4 Å². The maximum Gasteiger partial charge on any atom is 0.393 e. The number of benzene rings is 1. The minimum atomic E-state index is -4.30. The summed E-state index contributed by atoms with van der Waals surface area (Å²) in [7, 11) is -1.82. The van der Waals surface area contributed by atoms with E-state index in [1.54, 1.807) is 0 Å². The number of hydrogen-bond acceptors (Lipinski definition) is 3. The van der Waals surface area contributed by atoms with Gasteiger partial charge < -0.3 is 5.32 Å². The van der Waals surface area contributed by atoms with Crippen molar-refractivity contribution in [2.24, 2.45) is 5.92 Å². The number of halogens is 3. The maximum absolute atomic E-state index is 12.6. The Balaban J connectivity index is 2.13. The van der Waals surface area contributed by atoms with Crippen LogP contribution in [0.1, 0.15) is 18.4 Å². The van der Waals surface area contributed by atoms with E-state index in [9.17, 15) is 21.6 Å². The van der Waals surface area contributed by atoms with Crippen molar-refractivity contribution in [3.8, 4) is 0 Å². The largest absolute Gasteiger partial charge is 0.393 e. The van der Waals surface area contributed by atoms with E-state index in [1.807, 2.05) is 7.05 Å². The van der Waals surface area contributed by atoms with E-state index in [0.29, 0.717) is 13.1 Å². The van der Waals surface area contributed by atoms with E-state index < -0.39 is 22.6 Å². The van der Waals surface area contributed by atoms with Gasteiger partial charge in [0.15, 0.2) is 0 Å². The molecule has 1 aliphatic rings. The fourth-order valence-electron chi connectivity index (χ4n) is 2.86. The number of piperidine rings is 1. The van der Waals surface area contributed by atoms with Crippen LogP contribution < -0.4 is 5.32 Å². The van der Waals surface area contributed by atoms with Gasteiger partial charge in [0, 0.05) is 13.1 Å². The molecule has 1 aromatic carbocycles. The summed E-state index contributed by atoms with van der Waals surface area (Å²) in [5, 5.41) is 3.05. The average molecular weight is 350 g/mol. The van der Waals surface area contributed by atoms with Crippen molar-refractivity contribution in [3.63, 3.8) is 0 Å². The molecule has 1 atom stereocenters. The second-order valence-corrected chi connectivity index (χ2v) is 7.80. The van der Waals surface area contributed by atoms with Gasteiger partial charge in [-0.3, -0.25) is 0 Å². The third kappa shape index (κ3) is 4.92. The van der Waals surface area contributed by atoms with Crippen molar-refractivity contribution in [1.82, 2.24) is 9.62 Å². The number of nitrogens with zero attached hydrogens (tertiary/aromatic N) is 1. The van der Waals surface area contributed by atoms with Crippen molar-refractivity contribution in [3.05, 3.63) is 29.8 Å². The van der Waals surface area contributed by atoms with Crippen LogP contribution in [0.2, 0.25) is 0 Å². The summed E-state index contributed by atoms with van der Waals surface area (Å²) >= 11 is 0. The first-order valence-electron chi connectivity index (χ1n) is 7.53. The summed E-state index contributed by atoms with van der Waals surface area (Å²) < 4.78 is 63.7. The second-order valence-electron chi connectivity index (χ2n) is 5.86. The zero-order chi connectivity index (χ0) is 17.1. The van der Waals surface area contributed by atoms with Crippen molar-refractivity contribution < 1.29 is 21.6 Å². The standard InChI is InChI=1S/C15H21F3N2O2S/c1-19-10-13-3-2-8-20(11-13)23(21,22)14-6-4-12(5-7-14)9-15(16,17)18/h4-7,13,19H,2-3,8-11H2,1H3. The third-order valence-corrected chi connectivity index (χ3v) is 5.82. The van der Waals surface area contributed by atoms with Gasteiger partial charge in [0.25, 0.3) is 0 Å². The van der Waals surface area contributed by atoms with Crippen LogP contribution in [0.25, 0.3) is 0 Å². The van der Waals surface area contributed by atoms with Gasteiger partial charge in [0.05, 0.1) is 11.3 Å². The van der Waals surface area contributed by atoms with E-state index >= 15 is 0 Å². The fourth-order valence-corrected chi connectivity index (χ4v) is 4.41. The lowest BCUT2D eigenvalue weighted by Crippen LogP contribution is -2.42. The van der Waals surface area contributed by atoms with Crippen LogP contribution in [0.3, 0.4) is 0 Å². The molecule has 4 nitrogen and oxygen atoms in total. The SMILES string of the molecule is CNCC1CCCN(S(=O)(=O)c2ccc(CC(F)(F)F)cc2)C1. The zero-order valence-electron chi connectivity index (χ0n) is 12.9. The first-order chi connectivity index (χ1) is 10.7. The molecule has 0 aliphatic carbocycles. The van der Waals surface area contributed by atoms with E-state index in [1.165, 1.54) is 28.6 Å². The smallest absolute Gasteiger partial charge is 0.319 e. The Labute approximate surface area is 134 Å². The Morgan fingerprint density at radius 1 is 1.26 bits per heavy atom. The Hall–Kier alpha value is -1.12. The summed E-state index contributed by atoms with van der Waals surface area (Å²) in [6.45, 7) is 1.64. The summed E-state index contributed by atoms with van der Waals surface area (Å²) in [5.74, 6) is 0.257. The summed E-state index contributed by atoms with van der Waals surface area (Å²) in [4.78, 5) is 0.0496. The number of alkyl halides is 3. The molecule has 1 heterocycles. The summed E-state index contributed by atoms with van der Waals surface area (Å²) in [5.41, 5.74) is 0.0585. The highest BCUT2D eigenvalue weighted by molar-refractivity contribution is 7.89. The maximum atomic E-state index is 12.6. The molecule has 1 unspecified atom stereocenters. The molecule has 0 amide bonds. The van der Waals surface area contributed by atoms with Crippen molar-refractivity contribution >= 4 is 10.0 Å². The van der Waals surface area contributed by atoms with Crippen LogP contribution in [0.4, 0.5) is 13.2 Å². The average Bonchev–Trinajstić information content (AvgIpc) is 2.47. The monoisotopic (exact) mass is 350 g/mol. The predicted molar refractivity (Wildman–Crippen MR) is 81.6 cm³/mol. The van der Waals surface area contributed by atoms with Gasteiger partial charge in [-0.15, -0.1) is 0 Å². The minimum Gasteiger partial charge on any atom is -0.319 e. The molecule has 0 bridgehead atoms. The molecule has 1 aliphatic heterocycles. The van der Waals surface area contributed by atoms with E-state index in [4.69, 9.17) is 0 Å². The molecule has 2 rings (SSSR count). The molecule has 1 N–H and O–H groups in total. The molecule has 1 aromatic rings. The van der Waals surface area contributed by atoms with Gasteiger partial charge in [0.2, 0.25) is 10.0 Å². The second kappa shape index (κ2) is 7.19. The quantitative estimate of drug-likeness (QED) is 0.887. The lowest BCUT2D eigenvalue weighted by molar-refractivity contribution is -0.127. The number of sulfonamides is 1. The molecule has 1 fully saturated rings. The third-order valence-electron chi connectivity index (χ3n) is 3.94. The van der Waals surface area contributed by atoms with E-state index in [-0.39, 0.29) is 16.4 Å². The normalized spacial score (nSPS) is 20.6. The summed E-state index contributed by atoms with van der Waals surface area (Å²) in [6.07, 6.45) is -3.59. The Kier molecular flexibility index (Phi) is 5.70. The van der Waals surface area contributed by atoms with Crippen LogP contribution in [0, 0.1) is 5.92 Å². The van der Waals surface area contributed by atoms with Gasteiger partial charge in [0.1, 0.15) is 0 Å². The number of rotatable bonds is 5. The highest BCUT2D eigenvalue weighted by atomic mass is 32.2. The minimum absolute atomic E-state index is 0.0496. The van der Waals surface area contributed by atoms with Crippen molar-refractivity contribution in [2.75, 3.05) is 26.7 Å². The Morgan fingerprint density at radius 3 is 2.48 bits per heavy atom. The van der Waals surface area contributed by atoms with Gasteiger partial charge in [-0.05, 0) is 50.0 Å².